The van der Waals surface area contributed by atoms with E-state index < -0.39 is 0 Å². The van der Waals surface area contributed by atoms with Crippen molar-refractivity contribution in [3.63, 3.8) is 0 Å². The minimum atomic E-state index is 0.0987. The van der Waals surface area contributed by atoms with Crippen molar-refractivity contribution in [1.29, 1.82) is 0 Å². The standard InChI is InChI=1S/C12H21N5O/c1-8-7-17(6-5-13-8)12-14-11(15-16-12)10-4-3-9(2)18-10/h8-10,13H,3-7H2,1-2H3,(H,14,15,16)/t8-,9?,10?/m1/s1. The van der Waals surface area contributed by atoms with Gasteiger partial charge in [-0.25, -0.2) is 0 Å². The maximum Gasteiger partial charge on any atom is 0.244 e. The van der Waals surface area contributed by atoms with E-state index in [0.717, 1.165) is 44.2 Å². The normalized spacial score (nSPS) is 33.0. The van der Waals surface area contributed by atoms with Gasteiger partial charge in [0.25, 0.3) is 0 Å². The van der Waals surface area contributed by atoms with Crippen LogP contribution in [0.15, 0.2) is 0 Å². The van der Waals surface area contributed by atoms with Gasteiger partial charge in [-0.15, -0.1) is 5.10 Å². The van der Waals surface area contributed by atoms with E-state index in [1.165, 1.54) is 0 Å². The molecule has 3 rings (SSSR count). The van der Waals surface area contributed by atoms with Crippen LogP contribution in [0.4, 0.5) is 5.95 Å². The SMILES string of the molecule is CC1CCC(c2nc(N3CCN[C@H](C)C3)n[nH]2)O1. The molecule has 0 aliphatic carbocycles. The van der Waals surface area contributed by atoms with Crippen LogP contribution in [0.1, 0.15) is 38.6 Å². The Labute approximate surface area is 107 Å². The molecule has 2 aliphatic heterocycles. The molecule has 6 heteroatoms. The lowest BCUT2D eigenvalue weighted by molar-refractivity contribution is 0.0505. The maximum atomic E-state index is 5.80. The number of H-pyrrole nitrogens is 1. The second kappa shape index (κ2) is 4.85. The van der Waals surface area contributed by atoms with Gasteiger partial charge in [-0.3, -0.25) is 5.10 Å². The summed E-state index contributed by atoms with van der Waals surface area (Å²) in [7, 11) is 0. The number of hydrogen-bond acceptors (Lipinski definition) is 5. The van der Waals surface area contributed by atoms with Gasteiger partial charge in [-0.05, 0) is 26.7 Å². The van der Waals surface area contributed by atoms with Crippen LogP contribution in [-0.4, -0.2) is 47.0 Å². The molecule has 2 saturated heterocycles. The lowest BCUT2D eigenvalue weighted by atomic mass is 10.2. The molecule has 0 radical (unpaired) electrons. The Morgan fingerprint density at radius 3 is 2.94 bits per heavy atom. The van der Waals surface area contributed by atoms with E-state index in [1.54, 1.807) is 0 Å². The van der Waals surface area contributed by atoms with Crippen molar-refractivity contribution in [2.24, 2.45) is 0 Å². The maximum absolute atomic E-state index is 5.80. The van der Waals surface area contributed by atoms with Gasteiger partial charge in [0.05, 0.1) is 6.10 Å². The van der Waals surface area contributed by atoms with E-state index in [-0.39, 0.29) is 6.10 Å². The fourth-order valence-electron chi connectivity index (χ4n) is 2.67. The summed E-state index contributed by atoms with van der Waals surface area (Å²) in [6, 6.07) is 0.489. The number of hydrogen-bond donors (Lipinski definition) is 2. The molecule has 6 nitrogen and oxygen atoms in total. The third kappa shape index (κ3) is 2.35. The van der Waals surface area contributed by atoms with Crippen LogP contribution in [0, 0.1) is 0 Å². The minimum Gasteiger partial charge on any atom is -0.367 e. The topological polar surface area (TPSA) is 66.1 Å². The first-order chi connectivity index (χ1) is 8.72. The Morgan fingerprint density at radius 1 is 1.33 bits per heavy atom. The van der Waals surface area contributed by atoms with E-state index in [9.17, 15) is 0 Å². The number of rotatable bonds is 2. The Balaban J connectivity index is 1.69. The van der Waals surface area contributed by atoms with Crippen molar-refractivity contribution in [1.82, 2.24) is 20.5 Å². The van der Waals surface area contributed by atoms with Crippen molar-refractivity contribution in [3.05, 3.63) is 5.82 Å². The molecule has 100 valence electrons. The molecule has 2 N–H and O–H groups in total. The first-order valence-electron chi connectivity index (χ1n) is 6.78. The van der Waals surface area contributed by atoms with E-state index in [2.05, 4.69) is 39.2 Å². The summed E-state index contributed by atoms with van der Waals surface area (Å²) in [5.74, 6) is 1.68. The number of aromatic amines is 1. The Bertz CT molecular complexity index is 407. The quantitative estimate of drug-likeness (QED) is 0.815. The van der Waals surface area contributed by atoms with Crippen LogP contribution in [0.2, 0.25) is 0 Å². The average Bonchev–Trinajstić information content (AvgIpc) is 2.97. The summed E-state index contributed by atoms with van der Waals surface area (Å²) in [6.07, 6.45) is 2.57. The highest BCUT2D eigenvalue weighted by atomic mass is 16.5. The molecule has 18 heavy (non-hydrogen) atoms. The molecule has 2 aliphatic rings. The second-order valence-electron chi connectivity index (χ2n) is 5.33. The number of nitrogens with one attached hydrogen (secondary N) is 2. The van der Waals surface area contributed by atoms with Crippen LogP contribution >= 0.6 is 0 Å². The molecule has 0 saturated carbocycles. The summed E-state index contributed by atoms with van der Waals surface area (Å²) >= 11 is 0. The summed E-state index contributed by atoms with van der Waals surface area (Å²) in [5.41, 5.74) is 0. The van der Waals surface area contributed by atoms with Crippen molar-refractivity contribution >= 4 is 5.95 Å². The van der Waals surface area contributed by atoms with Gasteiger partial charge >= 0.3 is 0 Å². The molecule has 0 amide bonds. The molecule has 3 atom stereocenters. The van der Waals surface area contributed by atoms with Gasteiger partial charge < -0.3 is 15.0 Å². The summed E-state index contributed by atoms with van der Waals surface area (Å²) in [5, 5.41) is 10.8. The monoisotopic (exact) mass is 251 g/mol. The first-order valence-corrected chi connectivity index (χ1v) is 6.78. The van der Waals surface area contributed by atoms with E-state index in [0.29, 0.717) is 12.1 Å². The number of aromatic nitrogens is 3. The molecule has 0 bridgehead atoms. The zero-order valence-corrected chi connectivity index (χ0v) is 11.0. The summed E-state index contributed by atoms with van der Waals surface area (Å²) in [4.78, 5) is 6.81. The van der Waals surface area contributed by atoms with E-state index in [1.807, 2.05) is 0 Å². The Hall–Kier alpha value is -1.14. The third-order valence-corrected chi connectivity index (χ3v) is 3.68. The largest absolute Gasteiger partial charge is 0.367 e. The Kier molecular flexibility index (Phi) is 3.22. The highest BCUT2D eigenvalue weighted by molar-refractivity contribution is 5.30. The molecule has 1 aromatic rings. The molecule has 1 aromatic heterocycles. The summed E-state index contributed by atoms with van der Waals surface area (Å²) in [6.45, 7) is 7.20. The summed E-state index contributed by atoms with van der Waals surface area (Å²) < 4.78 is 5.80. The lowest BCUT2D eigenvalue weighted by Gasteiger charge is -2.30. The molecule has 3 heterocycles. The van der Waals surface area contributed by atoms with Crippen molar-refractivity contribution in [2.45, 2.75) is 44.9 Å². The van der Waals surface area contributed by atoms with Crippen molar-refractivity contribution in [3.8, 4) is 0 Å². The third-order valence-electron chi connectivity index (χ3n) is 3.68. The molecular weight excluding hydrogens is 230 g/mol. The fourth-order valence-corrected chi connectivity index (χ4v) is 2.67. The lowest BCUT2D eigenvalue weighted by Crippen LogP contribution is -2.49. The van der Waals surface area contributed by atoms with Gasteiger partial charge in [0.2, 0.25) is 5.95 Å². The van der Waals surface area contributed by atoms with Gasteiger partial charge in [0.1, 0.15) is 6.10 Å². The fraction of sp³-hybridized carbons (Fsp3) is 0.833. The number of ether oxygens (including phenoxy) is 1. The molecular formula is C12H21N5O. The van der Waals surface area contributed by atoms with Gasteiger partial charge in [-0.1, -0.05) is 0 Å². The van der Waals surface area contributed by atoms with E-state index >= 15 is 0 Å². The smallest absolute Gasteiger partial charge is 0.244 e. The molecule has 2 unspecified atom stereocenters. The van der Waals surface area contributed by atoms with Crippen LogP contribution in [-0.2, 0) is 4.74 Å². The van der Waals surface area contributed by atoms with Crippen molar-refractivity contribution in [2.75, 3.05) is 24.5 Å². The van der Waals surface area contributed by atoms with Gasteiger partial charge in [-0.2, -0.15) is 4.98 Å². The zero-order chi connectivity index (χ0) is 12.5. The van der Waals surface area contributed by atoms with Crippen LogP contribution in [0.25, 0.3) is 0 Å². The van der Waals surface area contributed by atoms with E-state index in [4.69, 9.17) is 4.74 Å². The van der Waals surface area contributed by atoms with Crippen molar-refractivity contribution < 1.29 is 4.74 Å². The minimum absolute atomic E-state index is 0.0987. The molecule has 2 fully saturated rings. The molecule has 0 aromatic carbocycles. The number of piperazine rings is 1. The van der Waals surface area contributed by atoms with Crippen LogP contribution in [0.3, 0.4) is 0 Å². The van der Waals surface area contributed by atoms with Gasteiger partial charge in [0, 0.05) is 25.7 Å². The second-order valence-corrected chi connectivity index (χ2v) is 5.33. The van der Waals surface area contributed by atoms with Crippen LogP contribution < -0.4 is 10.2 Å². The zero-order valence-electron chi connectivity index (χ0n) is 11.0. The average molecular weight is 251 g/mol. The predicted molar refractivity (Wildman–Crippen MR) is 68.6 cm³/mol. The molecule has 0 spiro atoms. The Morgan fingerprint density at radius 2 is 2.22 bits per heavy atom. The van der Waals surface area contributed by atoms with Gasteiger partial charge in [0.15, 0.2) is 5.82 Å². The first kappa shape index (κ1) is 11.9. The highest BCUT2D eigenvalue weighted by Crippen LogP contribution is 2.30. The predicted octanol–water partition coefficient (Wildman–Crippen LogP) is 0.843. The number of anilines is 1. The van der Waals surface area contributed by atoms with Crippen LogP contribution in [0.5, 0.6) is 0 Å². The highest BCUT2D eigenvalue weighted by Gasteiger charge is 2.27. The number of nitrogens with zero attached hydrogens (tertiary/aromatic N) is 3.